The van der Waals surface area contributed by atoms with Crippen LogP contribution < -0.4 is 9.47 Å². The SMILES string of the molecule is CC(O)COC(C)COc1ccc(C2(c3ccc(OCC(C)OCC(C)O)cc3)c3ccccc3-c3ccccc32)cc1. The van der Waals surface area contributed by atoms with Gasteiger partial charge in [-0.15, -0.1) is 0 Å². The van der Waals surface area contributed by atoms with E-state index in [9.17, 15) is 10.2 Å². The van der Waals surface area contributed by atoms with E-state index in [-0.39, 0.29) is 25.4 Å². The quantitative estimate of drug-likeness (QED) is 0.158. The first kappa shape index (κ1) is 30.8. The van der Waals surface area contributed by atoms with Crippen LogP contribution in [0.15, 0.2) is 97.1 Å². The first-order chi connectivity index (χ1) is 20.8. The number of benzene rings is 4. The average Bonchev–Trinajstić information content (AvgIpc) is 3.32. The van der Waals surface area contributed by atoms with Crippen molar-refractivity contribution < 1.29 is 29.2 Å². The van der Waals surface area contributed by atoms with E-state index in [0.29, 0.717) is 13.2 Å². The monoisotopic (exact) mass is 582 g/mol. The Morgan fingerprint density at radius 1 is 0.512 bits per heavy atom. The molecule has 4 aromatic carbocycles. The fourth-order valence-electron chi connectivity index (χ4n) is 5.76. The summed E-state index contributed by atoms with van der Waals surface area (Å²) in [5.41, 5.74) is 6.69. The predicted octanol–water partition coefficient (Wildman–Crippen LogP) is 6.38. The van der Waals surface area contributed by atoms with Gasteiger partial charge in [-0.2, -0.15) is 0 Å². The van der Waals surface area contributed by atoms with Gasteiger partial charge in [0.25, 0.3) is 0 Å². The summed E-state index contributed by atoms with van der Waals surface area (Å²) < 4.78 is 23.4. The van der Waals surface area contributed by atoms with Gasteiger partial charge < -0.3 is 29.2 Å². The largest absolute Gasteiger partial charge is 0.491 e. The maximum absolute atomic E-state index is 9.49. The van der Waals surface area contributed by atoms with Gasteiger partial charge in [-0.05, 0) is 85.3 Å². The minimum Gasteiger partial charge on any atom is -0.491 e. The van der Waals surface area contributed by atoms with Crippen LogP contribution >= 0.6 is 0 Å². The van der Waals surface area contributed by atoms with Crippen LogP contribution in [-0.4, -0.2) is 61.1 Å². The van der Waals surface area contributed by atoms with Gasteiger partial charge in [0.2, 0.25) is 0 Å². The van der Waals surface area contributed by atoms with Crippen LogP contribution in [0.1, 0.15) is 49.9 Å². The number of aliphatic hydroxyl groups is 2. The fourth-order valence-corrected chi connectivity index (χ4v) is 5.76. The molecule has 1 aliphatic carbocycles. The normalized spacial score (nSPS) is 16.0. The Kier molecular flexibility index (Phi) is 9.83. The van der Waals surface area contributed by atoms with E-state index in [4.69, 9.17) is 18.9 Å². The molecule has 1 aliphatic rings. The van der Waals surface area contributed by atoms with Crippen molar-refractivity contribution in [3.05, 3.63) is 119 Å². The van der Waals surface area contributed by atoms with E-state index >= 15 is 0 Å². The van der Waals surface area contributed by atoms with Crippen molar-refractivity contribution in [2.45, 2.75) is 57.5 Å². The summed E-state index contributed by atoms with van der Waals surface area (Å²) in [5.74, 6) is 1.53. The molecule has 0 aliphatic heterocycles. The Morgan fingerprint density at radius 3 is 1.26 bits per heavy atom. The first-order valence-corrected chi connectivity index (χ1v) is 15.0. The van der Waals surface area contributed by atoms with Crippen LogP contribution in [0.25, 0.3) is 11.1 Å². The molecular formula is C37H42O6. The standard InChI is InChI=1S/C37H42O6/c1-25(38)21-40-27(3)23-42-31-17-13-29(14-18-31)37(35-11-7-5-9-33(35)34-10-6-8-12-36(34)37)30-15-19-32(20-16-30)43-24-28(4)41-22-26(2)39/h5-20,25-28,38-39H,21-24H2,1-4H3. The van der Waals surface area contributed by atoms with E-state index in [2.05, 4.69) is 72.8 Å². The Balaban J connectivity index is 1.46. The van der Waals surface area contributed by atoms with Gasteiger partial charge >= 0.3 is 0 Å². The summed E-state index contributed by atoms with van der Waals surface area (Å²) in [6.07, 6.45) is -1.28. The van der Waals surface area contributed by atoms with Crippen molar-refractivity contribution in [2.24, 2.45) is 0 Å². The number of fused-ring (bicyclic) bond motifs is 3. The molecule has 2 N–H and O–H groups in total. The molecule has 0 bridgehead atoms. The highest BCUT2D eigenvalue weighted by molar-refractivity contribution is 5.86. The van der Waals surface area contributed by atoms with Crippen molar-refractivity contribution in [2.75, 3.05) is 26.4 Å². The van der Waals surface area contributed by atoms with E-state index in [1.54, 1.807) is 13.8 Å². The molecule has 0 heterocycles. The minimum atomic E-state index is -0.522. The van der Waals surface area contributed by atoms with Gasteiger partial charge in [0.15, 0.2) is 0 Å². The highest BCUT2D eigenvalue weighted by Gasteiger charge is 2.45. The lowest BCUT2D eigenvalue weighted by atomic mass is 9.68. The molecule has 5 rings (SSSR count). The summed E-state index contributed by atoms with van der Waals surface area (Å²) in [4.78, 5) is 0. The number of hydrogen-bond donors (Lipinski definition) is 2. The second-order valence-electron chi connectivity index (χ2n) is 11.5. The van der Waals surface area contributed by atoms with Gasteiger partial charge in [0, 0.05) is 0 Å². The molecular weight excluding hydrogens is 540 g/mol. The summed E-state index contributed by atoms with van der Waals surface area (Å²) in [6, 6.07) is 34.0. The van der Waals surface area contributed by atoms with Crippen molar-refractivity contribution in [1.29, 1.82) is 0 Å². The summed E-state index contributed by atoms with van der Waals surface area (Å²) >= 11 is 0. The maximum Gasteiger partial charge on any atom is 0.119 e. The number of hydrogen-bond acceptors (Lipinski definition) is 6. The molecule has 4 aromatic rings. The van der Waals surface area contributed by atoms with Crippen LogP contribution in [0, 0.1) is 0 Å². The van der Waals surface area contributed by atoms with Gasteiger partial charge in [-0.25, -0.2) is 0 Å². The van der Waals surface area contributed by atoms with Crippen LogP contribution in [0.4, 0.5) is 0 Å². The number of rotatable bonds is 14. The molecule has 0 aromatic heterocycles. The van der Waals surface area contributed by atoms with Crippen molar-refractivity contribution in [3.63, 3.8) is 0 Å². The molecule has 6 heteroatoms. The zero-order chi connectivity index (χ0) is 30.4. The lowest BCUT2D eigenvalue weighted by Crippen LogP contribution is -2.28. The molecule has 43 heavy (non-hydrogen) atoms. The van der Waals surface area contributed by atoms with Crippen molar-refractivity contribution in [1.82, 2.24) is 0 Å². The molecule has 0 fully saturated rings. The smallest absolute Gasteiger partial charge is 0.119 e. The highest BCUT2D eigenvalue weighted by atomic mass is 16.5. The third-order valence-electron chi connectivity index (χ3n) is 7.74. The van der Waals surface area contributed by atoms with Gasteiger partial charge in [0.05, 0.1) is 43.0 Å². The van der Waals surface area contributed by atoms with Crippen LogP contribution in [0.3, 0.4) is 0 Å². The maximum atomic E-state index is 9.49. The van der Waals surface area contributed by atoms with Crippen molar-refractivity contribution in [3.8, 4) is 22.6 Å². The van der Waals surface area contributed by atoms with Crippen LogP contribution in [0.5, 0.6) is 11.5 Å². The molecule has 0 saturated carbocycles. The molecule has 4 unspecified atom stereocenters. The average molecular weight is 583 g/mol. The third-order valence-corrected chi connectivity index (χ3v) is 7.74. The van der Waals surface area contributed by atoms with E-state index < -0.39 is 17.6 Å². The number of aliphatic hydroxyl groups excluding tert-OH is 2. The van der Waals surface area contributed by atoms with E-state index in [1.165, 1.54) is 22.3 Å². The molecule has 0 spiro atoms. The zero-order valence-corrected chi connectivity index (χ0v) is 25.4. The molecule has 6 nitrogen and oxygen atoms in total. The van der Waals surface area contributed by atoms with Gasteiger partial charge in [-0.1, -0.05) is 72.8 Å². The van der Waals surface area contributed by atoms with Crippen molar-refractivity contribution >= 4 is 0 Å². The molecule has 0 amide bonds. The van der Waals surface area contributed by atoms with E-state index in [0.717, 1.165) is 22.6 Å². The van der Waals surface area contributed by atoms with Gasteiger partial charge in [0.1, 0.15) is 24.7 Å². The Morgan fingerprint density at radius 2 is 0.884 bits per heavy atom. The third kappa shape index (κ3) is 6.78. The summed E-state index contributed by atoms with van der Waals surface area (Å²) in [5, 5.41) is 19.0. The second kappa shape index (κ2) is 13.7. The Labute approximate surface area is 254 Å². The molecule has 0 saturated heterocycles. The Hall–Kier alpha value is -3.68. The zero-order valence-electron chi connectivity index (χ0n) is 25.4. The number of ether oxygens (including phenoxy) is 4. The second-order valence-corrected chi connectivity index (χ2v) is 11.5. The minimum absolute atomic E-state index is 0.136. The Bertz CT molecular complexity index is 1350. The molecule has 4 atom stereocenters. The highest BCUT2D eigenvalue weighted by Crippen LogP contribution is 2.56. The summed E-state index contributed by atoms with van der Waals surface area (Å²) in [7, 11) is 0. The summed E-state index contributed by atoms with van der Waals surface area (Å²) in [6.45, 7) is 8.65. The van der Waals surface area contributed by atoms with Gasteiger partial charge in [-0.3, -0.25) is 0 Å². The predicted molar refractivity (Wildman–Crippen MR) is 169 cm³/mol. The fraction of sp³-hybridized carbons (Fsp3) is 0.351. The first-order valence-electron chi connectivity index (χ1n) is 15.0. The topological polar surface area (TPSA) is 77.4 Å². The van der Waals surface area contributed by atoms with Crippen LogP contribution in [-0.2, 0) is 14.9 Å². The van der Waals surface area contributed by atoms with Crippen LogP contribution in [0.2, 0.25) is 0 Å². The molecule has 226 valence electrons. The lowest BCUT2D eigenvalue weighted by Gasteiger charge is -2.34. The van der Waals surface area contributed by atoms with E-state index in [1.807, 2.05) is 38.1 Å². The molecule has 0 radical (unpaired) electrons. The lowest BCUT2D eigenvalue weighted by molar-refractivity contribution is -0.0132.